The molecule has 0 aromatic heterocycles. The molecule has 0 aromatic rings. The summed E-state index contributed by atoms with van der Waals surface area (Å²) in [5.74, 6) is -0.821. The van der Waals surface area contributed by atoms with Crippen LogP contribution in [0, 0.1) is 0 Å². The molecule has 1 N–H and O–H groups in total. The molecular weight excluding hydrogens is 641 g/mol. The number of nitrogens with one attached hydrogen (secondary N) is 1. The minimum Gasteiger partial charge on any atom is -0.756 e. The van der Waals surface area contributed by atoms with Crippen LogP contribution in [0.2, 0.25) is 0 Å². The Morgan fingerprint density at radius 1 is 0.551 bits per heavy atom. The third kappa shape index (κ3) is 36.6. The smallest absolute Gasteiger partial charge is 0.306 e. The number of phosphoric ester groups is 1. The molecule has 0 heterocycles. The van der Waals surface area contributed by atoms with E-state index < -0.39 is 26.5 Å². The van der Waals surface area contributed by atoms with Crippen LogP contribution in [0.15, 0.2) is 0 Å². The molecule has 0 aliphatic rings. The number of hydrogen-bond donors (Lipinski definition) is 1. The molecule has 0 saturated heterocycles. The van der Waals surface area contributed by atoms with E-state index in [1.165, 1.54) is 128 Å². The van der Waals surface area contributed by atoms with Crippen molar-refractivity contribution < 1.29 is 42.5 Å². The van der Waals surface area contributed by atoms with Crippen LogP contribution in [0.4, 0.5) is 0 Å². The van der Waals surface area contributed by atoms with Crippen LogP contribution in [-0.2, 0) is 32.7 Å². The van der Waals surface area contributed by atoms with E-state index in [1.807, 2.05) is 14.1 Å². The lowest BCUT2D eigenvalue weighted by molar-refractivity contribution is -0.858. The van der Waals surface area contributed by atoms with Crippen molar-refractivity contribution in [2.45, 2.75) is 200 Å². The van der Waals surface area contributed by atoms with E-state index in [4.69, 9.17) is 18.5 Å². The van der Waals surface area contributed by atoms with Crippen LogP contribution in [0.25, 0.3) is 0 Å². The first-order chi connectivity index (χ1) is 23.7. The number of unbranched alkanes of at least 4 members (excludes halogenated alkanes) is 24. The molecule has 0 fully saturated rings. The summed E-state index contributed by atoms with van der Waals surface area (Å²) in [4.78, 5) is 38.2. The molecular formula is C39H78NO8P. The maximum Gasteiger partial charge on any atom is 0.306 e. The Kier molecular flexibility index (Phi) is 34.7. The van der Waals surface area contributed by atoms with Gasteiger partial charge in [0.1, 0.15) is 19.8 Å². The first-order valence-electron chi connectivity index (χ1n) is 20.4. The SMILES string of the molecule is CCCCCCCCCCCCCCCC(=O)OC[C@H](COP(=O)([O-])OCC[NH+](C)C)OC(=O)CCCCCCCCCCCCCCC. The zero-order chi connectivity index (χ0) is 36.3. The molecule has 0 radical (unpaired) electrons. The Balaban J connectivity index is 4.30. The fourth-order valence-electron chi connectivity index (χ4n) is 5.77. The summed E-state index contributed by atoms with van der Waals surface area (Å²) in [5, 5.41) is 0. The van der Waals surface area contributed by atoms with Gasteiger partial charge < -0.3 is 28.3 Å². The van der Waals surface area contributed by atoms with Crippen molar-refractivity contribution in [2.24, 2.45) is 0 Å². The molecule has 0 aromatic carbocycles. The Morgan fingerprint density at radius 3 is 1.31 bits per heavy atom. The Morgan fingerprint density at radius 2 is 0.918 bits per heavy atom. The summed E-state index contributed by atoms with van der Waals surface area (Å²) < 4.78 is 33.0. The summed E-state index contributed by atoms with van der Waals surface area (Å²) in [6.45, 7) is 4.27. The van der Waals surface area contributed by atoms with Gasteiger partial charge in [0.2, 0.25) is 0 Å². The molecule has 49 heavy (non-hydrogen) atoms. The molecule has 0 amide bonds. The van der Waals surface area contributed by atoms with Crippen molar-refractivity contribution in [1.82, 2.24) is 0 Å². The average Bonchev–Trinajstić information content (AvgIpc) is 3.06. The number of phosphoric acid groups is 1. The fraction of sp³-hybridized carbons (Fsp3) is 0.949. The topological polar surface area (TPSA) is 116 Å². The lowest BCUT2D eigenvalue weighted by Crippen LogP contribution is -3.06. The second-order valence-electron chi connectivity index (χ2n) is 14.3. The van der Waals surface area contributed by atoms with E-state index in [0.717, 1.165) is 37.0 Å². The minimum absolute atomic E-state index is 0.0132. The molecule has 292 valence electrons. The van der Waals surface area contributed by atoms with Gasteiger partial charge in [-0.2, -0.15) is 0 Å². The monoisotopic (exact) mass is 720 g/mol. The fourth-order valence-corrected chi connectivity index (χ4v) is 6.50. The molecule has 0 rings (SSSR count). The maximum atomic E-state index is 12.6. The van der Waals surface area contributed by atoms with Gasteiger partial charge in [0.05, 0.1) is 20.7 Å². The normalized spacial score (nSPS) is 13.4. The largest absolute Gasteiger partial charge is 0.756 e. The third-order valence-electron chi connectivity index (χ3n) is 8.97. The van der Waals surface area contributed by atoms with Gasteiger partial charge in [-0.15, -0.1) is 0 Å². The van der Waals surface area contributed by atoms with Crippen molar-refractivity contribution in [3.05, 3.63) is 0 Å². The predicted octanol–water partition coefficient (Wildman–Crippen LogP) is 9.05. The van der Waals surface area contributed by atoms with E-state index in [2.05, 4.69) is 13.8 Å². The summed E-state index contributed by atoms with van der Waals surface area (Å²) in [7, 11) is -0.808. The van der Waals surface area contributed by atoms with Crippen LogP contribution < -0.4 is 9.79 Å². The van der Waals surface area contributed by atoms with Gasteiger partial charge in [-0.1, -0.05) is 168 Å². The molecule has 0 aliphatic heterocycles. The van der Waals surface area contributed by atoms with E-state index in [0.29, 0.717) is 13.0 Å². The van der Waals surface area contributed by atoms with Crippen molar-refractivity contribution in [2.75, 3.05) is 40.5 Å². The van der Waals surface area contributed by atoms with Gasteiger partial charge in [0.15, 0.2) is 6.10 Å². The standard InChI is InChI=1S/C39H78NO8P/c1-5-7-9-11-13-15-17-19-21-23-25-27-29-31-38(41)45-35-37(36-47-49(43,44)46-34-33-40(3)4)48-39(42)32-30-28-26-24-22-20-18-16-14-12-10-8-6-2/h37H,5-36H2,1-4H3,(H,43,44)/t37-/m1/s1. The number of likely N-dealkylation sites (N-methyl/N-ethyl adjacent to an activating group) is 1. The summed E-state index contributed by atoms with van der Waals surface area (Å²) >= 11 is 0. The van der Waals surface area contributed by atoms with Crippen LogP contribution in [0.1, 0.15) is 194 Å². The number of rotatable bonds is 38. The maximum absolute atomic E-state index is 12.6. The number of hydrogen-bond acceptors (Lipinski definition) is 8. The highest BCUT2D eigenvalue weighted by molar-refractivity contribution is 7.45. The summed E-state index contributed by atoms with van der Waals surface area (Å²) in [6.07, 6.45) is 31.2. The quantitative estimate of drug-likeness (QED) is 0.0382. The lowest BCUT2D eigenvalue weighted by Gasteiger charge is -2.25. The summed E-state index contributed by atoms with van der Waals surface area (Å²) in [5.41, 5.74) is 0. The Hall–Kier alpha value is -0.990. The molecule has 10 heteroatoms. The molecule has 0 aliphatic carbocycles. The van der Waals surface area contributed by atoms with Crippen molar-refractivity contribution in [3.8, 4) is 0 Å². The van der Waals surface area contributed by atoms with Crippen molar-refractivity contribution in [1.29, 1.82) is 0 Å². The highest BCUT2D eigenvalue weighted by Gasteiger charge is 2.21. The molecule has 0 spiro atoms. The first-order valence-corrected chi connectivity index (χ1v) is 21.9. The van der Waals surface area contributed by atoms with Crippen molar-refractivity contribution in [3.63, 3.8) is 0 Å². The van der Waals surface area contributed by atoms with Gasteiger partial charge in [0, 0.05) is 12.8 Å². The zero-order valence-corrected chi connectivity index (χ0v) is 33.3. The third-order valence-corrected chi connectivity index (χ3v) is 9.93. The van der Waals surface area contributed by atoms with E-state index >= 15 is 0 Å². The number of esters is 2. The van der Waals surface area contributed by atoms with Gasteiger partial charge in [0.25, 0.3) is 7.82 Å². The summed E-state index contributed by atoms with van der Waals surface area (Å²) in [6, 6.07) is 0. The van der Waals surface area contributed by atoms with Gasteiger partial charge in [-0.25, -0.2) is 0 Å². The number of carbonyl (C=O) groups is 2. The molecule has 9 nitrogen and oxygen atoms in total. The lowest BCUT2D eigenvalue weighted by atomic mass is 10.0. The van der Waals surface area contributed by atoms with Gasteiger partial charge in [-0.05, 0) is 12.8 Å². The predicted molar refractivity (Wildman–Crippen MR) is 199 cm³/mol. The minimum atomic E-state index is -4.58. The average molecular weight is 720 g/mol. The van der Waals surface area contributed by atoms with E-state index in [-0.39, 0.29) is 32.0 Å². The Labute approximate surface area is 301 Å². The van der Waals surface area contributed by atoms with Gasteiger partial charge >= 0.3 is 11.9 Å². The number of carbonyl (C=O) groups excluding carboxylic acids is 2. The number of ether oxygens (including phenoxy) is 2. The van der Waals surface area contributed by atoms with Crippen LogP contribution in [0.3, 0.4) is 0 Å². The Bertz CT molecular complexity index is 797. The van der Waals surface area contributed by atoms with Crippen LogP contribution in [-0.4, -0.2) is 58.5 Å². The van der Waals surface area contributed by atoms with Crippen LogP contribution in [0.5, 0.6) is 0 Å². The zero-order valence-electron chi connectivity index (χ0n) is 32.4. The van der Waals surface area contributed by atoms with Crippen molar-refractivity contribution >= 4 is 19.8 Å². The molecule has 0 saturated carbocycles. The molecule has 0 bridgehead atoms. The van der Waals surface area contributed by atoms with E-state index in [1.54, 1.807) is 0 Å². The van der Waals surface area contributed by atoms with Crippen LogP contribution >= 0.6 is 7.82 Å². The second kappa shape index (κ2) is 35.4. The number of quaternary nitrogens is 1. The van der Waals surface area contributed by atoms with E-state index in [9.17, 15) is 19.0 Å². The first kappa shape index (κ1) is 48.0. The molecule has 1 unspecified atom stereocenters. The van der Waals surface area contributed by atoms with Gasteiger partial charge in [-0.3, -0.25) is 14.2 Å². The second-order valence-corrected chi connectivity index (χ2v) is 15.7. The molecule has 2 atom stereocenters. The highest BCUT2D eigenvalue weighted by Crippen LogP contribution is 2.38. The highest BCUT2D eigenvalue weighted by atomic mass is 31.2.